The largest absolute Gasteiger partial charge is 0.329 e. The number of hydrogen-bond donors (Lipinski definition) is 2. The molecule has 0 amide bonds. The van der Waals surface area contributed by atoms with Gasteiger partial charge in [-0.1, -0.05) is 6.07 Å². The van der Waals surface area contributed by atoms with Gasteiger partial charge in [-0.05, 0) is 29.1 Å². The van der Waals surface area contributed by atoms with Crippen molar-refractivity contribution in [3.8, 4) is 0 Å². The molecule has 0 fully saturated rings. The van der Waals surface area contributed by atoms with Crippen LogP contribution in [0.15, 0.2) is 35.3 Å². The number of H-pyrrole nitrogens is 1. The molecule has 0 saturated heterocycles. The molecule has 0 radical (unpaired) electrons. The maximum atomic E-state index is 11.3. The topological polar surface area (TPSA) is 58.9 Å². The highest BCUT2D eigenvalue weighted by Crippen LogP contribution is 2.10. The normalized spacial score (nSPS) is 10.5. The molecule has 0 aliphatic heterocycles. The third-order valence-electron chi connectivity index (χ3n) is 2.07. The van der Waals surface area contributed by atoms with Crippen molar-refractivity contribution < 1.29 is 0 Å². The summed E-state index contributed by atoms with van der Waals surface area (Å²) in [5.41, 5.74) is 6.48. The molecule has 1 heterocycles. The second-order valence-corrected chi connectivity index (χ2v) is 2.93. The highest BCUT2D eigenvalue weighted by atomic mass is 16.1. The zero-order valence-corrected chi connectivity index (χ0v) is 7.08. The number of nitrogens with one attached hydrogen (secondary N) is 1. The monoisotopic (exact) mass is 174 g/mol. The number of benzene rings is 1. The van der Waals surface area contributed by atoms with Crippen molar-refractivity contribution in [1.29, 1.82) is 0 Å². The SMILES string of the molecule is NCc1ccc2c(=O)[nH]ccc2c1. The van der Waals surface area contributed by atoms with Gasteiger partial charge in [0.2, 0.25) is 0 Å². The van der Waals surface area contributed by atoms with E-state index in [2.05, 4.69) is 4.98 Å². The fourth-order valence-corrected chi connectivity index (χ4v) is 1.37. The predicted molar refractivity (Wildman–Crippen MR) is 52.5 cm³/mol. The van der Waals surface area contributed by atoms with Crippen LogP contribution in [0.4, 0.5) is 0 Å². The van der Waals surface area contributed by atoms with Gasteiger partial charge < -0.3 is 10.7 Å². The zero-order chi connectivity index (χ0) is 9.26. The van der Waals surface area contributed by atoms with Crippen LogP contribution < -0.4 is 11.3 Å². The summed E-state index contributed by atoms with van der Waals surface area (Å²) in [5.74, 6) is 0. The molecule has 0 saturated carbocycles. The van der Waals surface area contributed by atoms with Gasteiger partial charge in [0.25, 0.3) is 5.56 Å². The summed E-state index contributed by atoms with van der Waals surface area (Å²) in [6.45, 7) is 0.503. The molecule has 1 aromatic carbocycles. The molecule has 2 aromatic rings. The molecule has 2 rings (SSSR count). The molecule has 13 heavy (non-hydrogen) atoms. The van der Waals surface area contributed by atoms with Crippen molar-refractivity contribution in [3.63, 3.8) is 0 Å². The molecule has 1 aromatic heterocycles. The Labute approximate surface area is 75.2 Å². The van der Waals surface area contributed by atoms with Crippen molar-refractivity contribution in [2.75, 3.05) is 0 Å². The Morgan fingerprint density at radius 3 is 2.92 bits per heavy atom. The van der Waals surface area contributed by atoms with Gasteiger partial charge >= 0.3 is 0 Å². The lowest BCUT2D eigenvalue weighted by Gasteiger charge is -1.99. The van der Waals surface area contributed by atoms with E-state index in [-0.39, 0.29) is 5.56 Å². The second-order valence-electron chi connectivity index (χ2n) is 2.93. The van der Waals surface area contributed by atoms with Crippen LogP contribution in [-0.2, 0) is 6.54 Å². The van der Waals surface area contributed by atoms with Gasteiger partial charge in [0.15, 0.2) is 0 Å². The molecule has 66 valence electrons. The van der Waals surface area contributed by atoms with Crippen LogP contribution in [0.25, 0.3) is 10.8 Å². The minimum Gasteiger partial charge on any atom is -0.329 e. The molecule has 0 aliphatic carbocycles. The molecule has 0 atom stereocenters. The smallest absolute Gasteiger partial charge is 0.255 e. The van der Waals surface area contributed by atoms with Gasteiger partial charge in [-0.25, -0.2) is 0 Å². The zero-order valence-electron chi connectivity index (χ0n) is 7.08. The van der Waals surface area contributed by atoms with E-state index in [4.69, 9.17) is 5.73 Å². The van der Waals surface area contributed by atoms with E-state index in [1.807, 2.05) is 18.2 Å². The average molecular weight is 174 g/mol. The van der Waals surface area contributed by atoms with Crippen molar-refractivity contribution in [2.45, 2.75) is 6.54 Å². The predicted octanol–water partition coefficient (Wildman–Crippen LogP) is 0.987. The highest BCUT2D eigenvalue weighted by Gasteiger charge is 1.97. The van der Waals surface area contributed by atoms with Crippen molar-refractivity contribution in [1.82, 2.24) is 4.98 Å². The molecule has 0 bridgehead atoms. The average Bonchev–Trinajstić information content (AvgIpc) is 2.18. The summed E-state index contributed by atoms with van der Waals surface area (Å²) >= 11 is 0. The summed E-state index contributed by atoms with van der Waals surface area (Å²) in [4.78, 5) is 13.9. The molecule has 3 N–H and O–H groups in total. The molecule has 3 heteroatoms. The summed E-state index contributed by atoms with van der Waals surface area (Å²) in [6.07, 6.45) is 1.64. The van der Waals surface area contributed by atoms with E-state index in [0.29, 0.717) is 11.9 Å². The third-order valence-corrected chi connectivity index (χ3v) is 2.07. The molecular weight excluding hydrogens is 164 g/mol. The van der Waals surface area contributed by atoms with E-state index in [9.17, 15) is 4.79 Å². The summed E-state index contributed by atoms with van der Waals surface area (Å²) in [5, 5.41) is 1.64. The van der Waals surface area contributed by atoms with Crippen LogP contribution in [0, 0.1) is 0 Å². The summed E-state index contributed by atoms with van der Waals surface area (Å²) in [6, 6.07) is 7.48. The van der Waals surface area contributed by atoms with Gasteiger partial charge in [-0.15, -0.1) is 0 Å². The molecule has 0 aliphatic rings. The van der Waals surface area contributed by atoms with Gasteiger partial charge in [0.05, 0.1) is 0 Å². The Morgan fingerprint density at radius 2 is 2.15 bits per heavy atom. The summed E-state index contributed by atoms with van der Waals surface area (Å²) in [7, 11) is 0. The second kappa shape index (κ2) is 3.03. The lowest BCUT2D eigenvalue weighted by atomic mass is 10.1. The Balaban J connectivity index is 2.80. The molecular formula is C10H10N2O. The molecule has 0 spiro atoms. The Kier molecular flexibility index (Phi) is 1.87. The first-order valence-corrected chi connectivity index (χ1v) is 4.11. The first-order chi connectivity index (χ1) is 6.31. The van der Waals surface area contributed by atoms with Crippen LogP contribution in [0.2, 0.25) is 0 Å². The Bertz CT molecular complexity index is 487. The maximum absolute atomic E-state index is 11.3. The lowest BCUT2D eigenvalue weighted by Crippen LogP contribution is -2.05. The van der Waals surface area contributed by atoms with Crippen LogP contribution in [-0.4, -0.2) is 4.98 Å². The van der Waals surface area contributed by atoms with E-state index < -0.39 is 0 Å². The molecule has 0 unspecified atom stereocenters. The maximum Gasteiger partial charge on any atom is 0.255 e. The minimum atomic E-state index is -0.0546. The quantitative estimate of drug-likeness (QED) is 0.677. The highest BCUT2D eigenvalue weighted by molar-refractivity contribution is 5.81. The number of aromatic amines is 1. The van der Waals surface area contributed by atoms with Crippen LogP contribution in [0.1, 0.15) is 5.56 Å². The fraction of sp³-hybridized carbons (Fsp3) is 0.100. The number of fused-ring (bicyclic) bond motifs is 1. The number of nitrogens with two attached hydrogens (primary N) is 1. The first-order valence-electron chi connectivity index (χ1n) is 4.11. The van der Waals surface area contributed by atoms with Crippen LogP contribution >= 0.6 is 0 Å². The number of rotatable bonds is 1. The molecule has 3 nitrogen and oxygen atoms in total. The standard InChI is InChI=1S/C10H10N2O/c11-6-7-1-2-9-8(5-7)3-4-12-10(9)13/h1-5H,6,11H2,(H,12,13). The van der Waals surface area contributed by atoms with E-state index in [1.54, 1.807) is 12.3 Å². The van der Waals surface area contributed by atoms with Crippen molar-refractivity contribution in [3.05, 3.63) is 46.4 Å². The van der Waals surface area contributed by atoms with Gasteiger partial charge in [0.1, 0.15) is 0 Å². The third kappa shape index (κ3) is 1.34. The number of aromatic nitrogens is 1. The van der Waals surface area contributed by atoms with Crippen LogP contribution in [0.3, 0.4) is 0 Å². The van der Waals surface area contributed by atoms with Crippen molar-refractivity contribution in [2.24, 2.45) is 5.73 Å². The Morgan fingerprint density at radius 1 is 1.31 bits per heavy atom. The summed E-state index contributed by atoms with van der Waals surface area (Å²) < 4.78 is 0. The lowest BCUT2D eigenvalue weighted by molar-refractivity contribution is 1.07. The van der Waals surface area contributed by atoms with Gasteiger partial charge in [-0.2, -0.15) is 0 Å². The fourth-order valence-electron chi connectivity index (χ4n) is 1.37. The minimum absolute atomic E-state index is 0.0546. The van der Waals surface area contributed by atoms with Gasteiger partial charge in [0, 0.05) is 18.1 Å². The van der Waals surface area contributed by atoms with Gasteiger partial charge in [-0.3, -0.25) is 4.79 Å². The van der Waals surface area contributed by atoms with Crippen LogP contribution in [0.5, 0.6) is 0 Å². The Hall–Kier alpha value is -1.61. The number of hydrogen-bond acceptors (Lipinski definition) is 2. The van der Waals surface area contributed by atoms with E-state index in [1.165, 1.54) is 0 Å². The first kappa shape index (κ1) is 8.01. The van der Waals surface area contributed by atoms with E-state index >= 15 is 0 Å². The van der Waals surface area contributed by atoms with Crippen molar-refractivity contribution >= 4 is 10.8 Å². The van der Waals surface area contributed by atoms with E-state index in [0.717, 1.165) is 10.9 Å². The number of pyridine rings is 1.